The van der Waals surface area contributed by atoms with Gasteiger partial charge in [-0.05, 0) is 94.1 Å². The van der Waals surface area contributed by atoms with Crippen molar-refractivity contribution < 1.29 is 31.9 Å². The lowest BCUT2D eigenvalue weighted by atomic mass is 9.85. The van der Waals surface area contributed by atoms with Gasteiger partial charge in [-0.2, -0.15) is 0 Å². The van der Waals surface area contributed by atoms with E-state index in [1.54, 1.807) is 12.1 Å². The van der Waals surface area contributed by atoms with Gasteiger partial charge in [-0.3, -0.25) is 14.3 Å². The van der Waals surface area contributed by atoms with Crippen LogP contribution < -0.4 is 14.2 Å². The van der Waals surface area contributed by atoms with Crippen LogP contribution in [-0.4, -0.2) is 67.2 Å². The number of methoxy groups -OCH3 is 1. The largest absolute Gasteiger partial charge is 0.494 e. The summed E-state index contributed by atoms with van der Waals surface area (Å²) < 4.78 is 55.7. The molecule has 1 aromatic carbocycles. The number of sulfonamides is 1. The lowest BCUT2D eigenvalue weighted by Gasteiger charge is -2.26. The molecule has 7 rings (SSSR count). The number of thiazole rings is 1. The van der Waals surface area contributed by atoms with Crippen molar-refractivity contribution in [2.45, 2.75) is 95.3 Å². The van der Waals surface area contributed by atoms with Crippen LogP contribution in [0, 0.1) is 29.0 Å². The van der Waals surface area contributed by atoms with Crippen molar-refractivity contribution in [3.63, 3.8) is 0 Å². The number of benzene rings is 1. The number of nitrogens with one attached hydrogen (secondary N) is 1. The van der Waals surface area contributed by atoms with Gasteiger partial charge in [-0.1, -0.05) is 26.0 Å². The first-order valence-corrected chi connectivity index (χ1v) is 20.6. The normalized spacial score (nSPS) is 27.8. The lowest BCUT2D eigenvalue weighted by Crippen LogP contribution is -2.40. The SMILES string of the molecule is COc1ccc2c(O[C@@H]3C[C@H]4CC[C@]5(C(=O)NS(=O)(=O)C6CC6)C[C@H]5/C=C\CCCCN(C)C(=O)[C@@H]4C3)cc(-c3nc(C(C)C)cs3)nc2c1F. The average Bonchev–Trinajstić information content (AvgIpc) is 3.99. The number of hydrogen-bond donors (Lipinski definition) is 1. The van der Waals surface area contributed by atoms with Crippen LogP contribution in [-0.2, 0) is 19.6 Å². The third-order valence-electron chi connectivity index (χ3n) is 11.3. The standard InChI is InChI=1S/C38H47FN4O6S2/c1-22(2)30-21-50-35(41-30)29-19-32(27-12-13-31(48-4)33(39)34(27)40-29)49-25-17-23-14-15-38(37(45)42-51(46,47)26-10-11-26)20-24(38)9-7-5-6-8-16-43(3)36(44)28(23)18-25/h7,9,12-13,19,21-26,28H,5-6,8,10-11,14-18,20H2,1-4H3,(H,42,45)/b9-7-/t23-,24-,25-,28-,38+/m1/s1. The van der Waals surface area contributed by atoms with E-state index in [-0.39, 0.29) is 46.9 Å². The number of pyridine rings is 1. The number of fused-ring (bicyclic) bond motifs is 3. The van der Waals surface area contributed by atoms with E-state index < -0.39 is 32.4 Å². The van der Waals surface area contributed by atoms with Gasteiger partial charge in [0.25, 0.3) is 0 Å². The van der Waals surface area contributed by atoms with E-state index in [2.05, 4.69) is 35.7 Å². The van der Waals surface area contributed by atoms with E-state index >= 15 is 4.39 Å². The molecule has 3 aliphatic carbocycles. The molecule has 2 amide bonds. The first kappa shape index (κ1) is 35.8. The van der Waals surface area contributed by atoms with Crippen LogP contribution >= 0.6 is 11.3 Å². The molecule has 1 aliphatic heterocycles. The molecule has 0 bridgehead atoms. The summed E-state index contributed by atoms with van der Waals surface area (Å²) >= 11 is 1.44. The van der Waals surface area contributed by atoms with Crippen LogP contribution in [0.5, 0.6) is 11.5 Å². The molecule has 5 atom stereocenters. The van der Waals surface area contributed by atoms with Crippen molar-refractivity contribution in [3.8, 4) is 22.2 Å². The fourth-order valence-corrected chi connectivity index (χ4v) is 10.2. The van der Waals surface area contributed by atoms with Crippen molar-refractivity contribution in [1.29, 1.82) is 0 Å². The van der Waals surface area contributed by atoms with Crippen LogP contribution in [0.4, 0.5) is 4.39 Å². The summed E-state index contributed by atoms with van der Waals surface area (Å²) in [6.45, 7) is 4.78. The molecule has 274 valence electrons. The number of allylic oxidation sites excluding steroid dienone is 2. The number of aromatic nitrogens is 2. The summed E-state index contributed by atoms with van der Waals surface area (Å²) in [6, 6.07) is 5.11. The van der Waals surface area contributed by atoms with Crippen LogP contribution in [0.2, 0.25) is 0 Å². The van der Waals surface area contributed by atoms with Gasteiger partial charge >= 0.3 is 0 Å². The highest BCUT2D eigenvalue weighted by Crippen LogP contribution is 2.58. The Balaban J connectivity index is 1.18. The molecular weight excluding hydrogens is 692 g/mol. The Morgan fingerprint density at radius 3 is 2.67 bits per heavy atom. The van der Waals surface area contributed by atoms with Gasteiger partial charge in [0.2, 0.25) is 21.8 Å². The van der Waals surface area contributed by atoms with Crippen molar-refractivity contribution in [2.24, 2.45) is 23.2 Å². The summed E-state index contributed by atoms with van der Waals surface area (Å²) in [7, 11) is -0.421. The zero-order valence-corrected chi connectivity index (χ0v) is 31.3. The maximum Gasteiger partial charge on any atom is 0.240 e. The highest BCUT2D eigenvalue weighted by atomic mass is 32.2. The van der Waals surface area contributed by atoms with Crippen LogP contribution in [0.3, 0.4) is 0 Å². The minimum absolute atomic E-state index is 0.0318. The van der Waals surface area contributed by atoms with Crippen molar-refractivity contribution in [2.75, 3.05) is 20.7 Å². The Labute approximate surface area is 303 Å². The van der Waals surface area contributed by atoms with Crippen LogP contribution in [0.1, 0.15) is 89.7 Å². The molecule has 3 heterocycles. The maximum absolute atomic E-state index is 15.7. The second-order valence-corrected chi connectivity index (χ2v) is 18.0. The molecule has 13 heteroatoms. The molecular formula is C38H47FN4O6S2. The monoisotopic (exact) mass is 738 g/mol. The topological polar surface area (TPSA) is 128 Å². The summed E-state index contributed by atoms with van der Waals surface area (Å²) in [5.41, 5.74) is 0.736. The Hall–Kier alpha value is -3.58. The van der Waals surface area contributed by atoms with E-state index in [0.29, 0.717) is 73.3 Å². The molecule has 2 aromatic heterocycles. The highest BCUT2D eigenvalue weighted by molar-refractivity contribution is 7.90. The summed E-state index contributed by atoms with van der Waals surface area (Å²) in [6.07, 6.45) is 10.3. The quantitative estimate of drug-likeness (QED) is 0.245. The molecule has 0 saturated heterocycles. The number of carbonyl (C=O) groups is 2. The Morgan fingerprint density at radius 1 is 1.14 bits per heavy atom. The smallest absolute Gasteiger partial charge is 0.240 e. The van der Waals surface area contributed by atoms with Crippen molar-refractivity contribution in [1.82, 2.24) is 19.6 Å². The third-order valence-corrected chi connectivity index (χ3v) is 14.0. The fourth-order valence-electron chi connectivity index (χ4n) is 7.86. The van der Waals surface area contributed by atoms with Crippen molar-refractivity contribution >= 4 is 44.1 Å². The van der Waals surface area contributed by atoms with Gasteiger partial charge in [0.1, 0.15) is 22.0 Å². The van der Waals surface area contributed by atoms with E-state index in [0.717, 1.165) is 25.0 Å². The molecule has 1 N–H and O–H groups in total. The zero-order chi connectivity index (χ0) is 36.1. The Morgan fingerprint density at radius 2 is 1.94 bits per heavy atom. The predicted molar refractivity (Wildman–Crippen MR) is 195 cm³/mol. The number of nitrogens with zero attached hydrogens (tertiary/aromatic N) is 3. The number of hydrogen-bond acceptors (Lipinski definition) is 9. The number of carbonyl (C=O) groups excluding carboxylic acids is 2. The summed E-state index contributed by atoms with van der Waals surface area (Å²) in [5.74, 6) is -0.632. The van der Waals surface area contributed by atoms with Gasteiger partial charge in [-0.15, -0.1) is 11.3 Å². The minimum atomic E-state index is -3.69. The summed E-state index contributed by atoms with van der Waals surface area (Å²) in [4.78, 5) is 38.9. The zero-order valence-electron chi connectivity index (χ0n) is 29.7. The van der Waals surface area contributed by atoms with Gasteiger partial charge in [0.15, 0.2) is 11.6 Å². The van der Waals surface area contributed by atoms with E-state index in [4.69, 9.17) is 14.5 Å². The minimum Gasteiger partial charge on any atom is -0.494 e. The molecule has 0 unspecified atom stereocenters. The molecule has 3 fully saturated rings. The highest BCUT2D eigenvalue weighted by Gasteiger charge is 2.59. The summed E-state index contributed by atoms with van der Waals surface area (Å²) in [5, 5.41) is 2.66. The maximum atomic E-state index is 15.7. The molecule has 4 aliphatic rings. The van der Waals surface area contributed by atoms with Gasteiger partial charge < -0.3 is 14.4 Å². The first-order chi connectivity index (χ1) is 24.4. The van der Waals surface area contributed by atoms with E-state index in [9.17, 15) is 18.0 Å². The van der Waals surface area contributed by atoms with Crippen molar-refractivity contribution in [3.05, 3.63) is 47.2 Å². The fraction of sp³-hybridized carbons (Fsp3) is 0.579. The Bertz CT molecular complexity index is 1960. The number of halogens is 1. The van der Waals surface area contributed by atoms with Crippen LogP contribution in [0.25, 0.3) is 21.6 Å². The lowest BCUT2D eigenvalue weighted by molar-refractivity contribution is -0.135. The predicted octanol–water partition coefficient (Wildman–Crippen LogP) is 7.00. The third kappa shape index (κ3) is 7.25. The second kappa shape index (κ2) is 14.1. The Kier molecular flexibility index (Phi) is 9.90. The molecule has 3 aromatic rings. The number of rotatable bonds is 8. The molecule has 3 saturated carbocycles. The van der Waals surface area contributed by atoms with Gasteiger partial charge in [0.05, 0.1) is 29.6 Å². The van der Waals surface area contributed by atoms with Gasteiger partial charge in [0, 0.05) is 36.3 Å². The first-order valence-electron chi connectivity index (χ1n) is 18.2. The second-order valence-electron chi connectivity index (χ2n) is 15.2. The molecule has 0 spiro atoms. The molecule has 0 radical (unpaired) electrons. The van der Waals surface area contributed by atoms with Gasteiger partial charge in [-0.25, -0.2) is 22.8 Å². The molecule has 10 nitrogen and oxygen atoms in total. The van der Waals surface area contributed by atoms with E-state index in [1.807, 2.05) is 23.4 Å². The van der Waals surface area contributed by atoms with E-state index in [1.165, 1.54) is 18.4 Å². The number of ether oxygens (including phenoxy) is 2. The number of amides is 2. The van der Waals surface area contributed by atoms with Crippen LogP contribution in [0.15, 0.2) is 35.7 Å². The molecule has 51 heavy (non-hydrogen) atoms. The average molecular weight is 739 g/mol.